The Balaban J connectivity index is 2.07. The molecule has 1 aromatic carbocycles. The van der Waals surface area contributed by atoms with Crippen molar-refractivity contribution in [1.82, 2.24) is 0 Å². The molecule has 1 saturated carbocycles. The fourth-order valence-electron chi connectivity index (χ4n) is 2.22. The number of carbonyl (C=O) groups is 1. The maximum atomic E-state index is 13.4. The molecule has 1 aliphatic rings. The van der Waals surface area contributed by atoms with E-state index in [0.717, 1.165) is 43.9 Å². The van der Waals surface area contributed by atoms with Crippen LogP contribution in [0.5, 0.6) is 0 Å². The molecule has 18 heavy (non-hydrogen) atoms. The summed E-state index contributed by atoms with van der Waals surface area (Å²) in [6.07, 6.45) is 3.66. The highest BCUT2D eigenvalue weighted by Crippen LogP contribution is 2.26. The third-order valence-corrected chi connectivity index (χ3v) is 4.57. The Morgan fingerprint density at radius 3 is 2.61 bits per heavy atom. The first kappa shape index (κ1) is 13.3. The highest BCUT2D eigenvalue weighted by atomic mass is 32.2. The van der Waals surface area contributed by atoms with E-state index in [2.05, 4.69) is 0 Å². The molecule has 0 aliphatic heterocycles. The molecule has 0 spiro atoms. The molecule has 0 amide bonds. The van der Waals surface area contributed by atoms with Gasteiger partial charge in [-0.25, -0.2) is 8.78 Å². The zero-order valence-electron chi connectivity index (χ0n) is 9.83. The summed E-state index contributed by atoms with van der Waals surface area (Å²) in [5, 5.41) is 0. The number of hydrogen-bond donors (Lipinski definition) is 0. The topological polar surface area (TPSA) is 34.1 Å². The van der Waals surface area contributed by atoms with Gasteiger partial charge >= 0.3 is 0 Å². The first-order chi connectivity index (χ1) is 8.58. The third kappa shape index (κ3) is 3.02. The maximum absolute atomic E-state index is 13.4. The van der Waals surface area contributed by atoms with E-state index in [9.17, 15) is 17.8 Å². The number of carbonyl (C=O) groups excluding carboxylic acids is 1. The van der Waals surface area contributed by atoms with E-state index in [0.29, 0.717) is 0 Å². The minimum absolute atomic E-state index is 0.0504. The lowest BCUT2D eigenvalue weighted by atomic mass is 10.0. The highest BCUT2D eigenvalue weighted by Gasteiger charge is 2.25. The van der Waals surface area contributed by atoms with Crippen LogP contribution in [0, 0.1) is 17.6 Å². The van der Waals surface area contributed by atoms with Crippen LogP contribution in [0.15, 0.2) is 23.1 Å². The van der Waals surface area contributed by atoms with Gasteiger partial charge in [0.1, 0.15) is 17.4 Å². The fourth-order valence-corrected chi connectivity index (χ4v) is 3.40. The molecular weight excluding hydrogens is 258 g/mol. The Morgan fingerprint density at radius 2 is 1.94 bits per heavy atom. The van der Waals surface area contributed by atoms with Crippen LogP contribution in [0.25, 0.3) is 0 Å². The van der Waals surface area contributed by atoms with Gasteiger partial charge in [0.15, 0.2) is 0 Å². The van der Waals surface area contributed by atoms with Crippen molar-refractivity contribution in [3.63, 3.8) is 0 Å². The SMILES string of the molecule is O=C(CS(=O)c1cc(F)ccc1F)C1CCCC1. The van der Waals surface area contributed by atoms with Crippen LogP contribution >= 0.6 is 0 Å². The molecule has 0 aromatic heterocycles. The Kier molecular flexibility index (Phi) is 4.22. The number of ketones is 1. The minimum atomic E-state index is -1.80. The van der Waals surface area contributed by atoms with Crippen molar-refractivity contribution in [1.29, 1.82) is 0 Å². The van der Waals surface area contributed by atoms with Crippen LogP contribution in [0.1, 0.15) is 25.7 Å². The summed E-state index contributed by atoms with van der Waals surface area (Å²) in [5.41, 5.74) is 0. The van der Waals surface area contributed by atoms with Crippen LogP contribution in [0.3, 0.4) is 0 Å². The molecule has 0 heterocycles. The van der Waals surface area contributed by atoms with Gasteiger partial charge in [-0.3, -0.25) is 9.00 Å². The van der Waals surface area contributed by atoms with E-state index in [4.69, 9.17) is 0 Å². The van der Waals surface area contributed by atoms with Gasteiger partial charge in [-0.2, -0.15) is 0 Å². The molecule has 98 valence electrons. The van der Waals surface area contributed by atoms with Crippen LogP contribution in [-0.4, -0.2) is 15.7 Å². The first-order valence-electron chi connectivity index (χ1n) is 5.94. The molecule has 5 heteroatoms. The van der Waals surface area contributed by atoms with E-state index in [1.165, 1.54) is 0 Å². The smallest absolute Gasteiger partial charge is 0.148 e. The summed E-state index contributed by atoms with van der Waals surface area (Å²) in [6, 6.07) is 2.80. The Labute approximate surface area is 107 Å². The molecule has 0 saturated heterocycles. The number of rotatable bonds is 4. The summed E-state index contributed by atoms with van der Waals surface area (Å²) in [7, 11) is -1.80. The van der Waals surface area contributed by atoms with Gasteiger partial charge in [0.05, 0.1) is 21.4 Å². The van der Waals surface area contributed by atoms with Crippen LogP contribution < -0.4 is 0 Å². The van der Waals surface area contributed by atoms with Crippen molar-refractivity contribution in [2.75, 3.05) is 5.75 Å². The Bertz CT molecular complexity index is 482. The van der Waals surface area contributed by atoms with E-state index in [1.807, 2.05) is 0 Å². The van der Waals surface area contributed by atoms with Gasteiger partial charge in [-0.15, -0.1) is 0 Å². The number of hydrogen-bond acceptors (Lipinski definition) is 2. The molecule has 1 unspecified atom stereocenters. The van der Waals surface area contributed by atoms with Crippen molar-refractivity contribution in [2.45, 2.75) is 30.6 Å². The van der Waals surface area contributed by atoms with Gasteiger partial charge in [-0.1, -0.05) is 12.8 Å². The summed E-state index contributed by atoms with van der Waals surface area (Å²) >= 11 is 0. The second-order valence-corrected chi connectivity index (χ2v) is 5.93. The lowest BCUT2D eigenvalue weighted by molar-refractivity contribution is -0.120. The van der Waals surface area contributed by atoms with Crippen molar-refractivity contribution in [2.24, 2.45) is 5.92 Å². The van der Waals surface area contributed by atoms with Crippen molar-refractivity contribution in [3.8, 4) is 0 Å². The van der Waals surface area contributed by atoms with E-state index in [1.54, 1.807) is 0 Å². The van der Waals surface area contributed by atoms with Crippen molar-refractivity contribution in [3.05, 3.63) is 29.8 Å². The molecule has 1 atom stereocenters. The van der Waals surface area contributed by atoms with Gasteiger partial charge in [-0.05, 0) is 31.0 Å². The monoisotopic (exact) mass is 272 g/mol. The molecule has 1 fully saturated rings. The fraction of sp³-hybridized carbons (Fsp3) is 0.462. The number of halogens is 2. The Morgan fingerprint density at radius 1 is 1.28 bits per heavy atom. The zero-order chi connectivity index (χ0) is 13.1. The Hall–Kier alpha value is -1.10. The van der Waals surface area contributed by atoms with Gasteiger partial charge in [0.25, 0.3) is 0 Å². The molecule has 2 nitrogen and oxygen atoms in total. The van der Waals surface area contributed by atoms with Gasteiger partial charge < -0.3 is 0 Å². The largest absolute Gasteiger partial charge is 0.298 e. The normalized spacial score (nSPS) is 17.9. The van der Waals surface area contributed by atoms with Gasteiger partial charge in [0.2, 0.25) is 0 Å². The molecular formula is C13H14F2O2S. The predicted octanol–water partition coefficient (Wildman–Crippen LogP) is 2.83. The molecule has 0 N–H and O–H groups in total. The second-order valence-electron chi connectivity index (χ2n) is 4.51. The lowest BCUT2D eigenvalue weighted by Gasteiger charge is -2.08. The minimum Gasteiger partial charge on any atom is -0.298 e. The number of benzene rings is 1. The standard InChI is InChI=1S/C13H14F2O2S/c14-10-5-6-11(15)13(7-10)18(17)8-12(16)9-3-1-2-4-9/h5-7,9H,1-4,8H2. The maximum Gasteiger partial charge on any atom is 0.148 e. The van der Waals surface area contributed by atoms with Crippen molar-refractivity contribution < 1.29 is 17.8 Å². The molecule has 1 aromatic rings. The molecule has 0 radical (unpaired) electrons. The average Bonchev–Trinajstić information content (AvgIpc) is 2.85. The first-order valence-corrected chi connectivity index (χ1v) is 7.26. The number of Topliss-reactive ketones (excluding diaryl/α,β-unsaturated/α-hetero) is 1. The summed E-state index contributed by atoms with van der Waals surface area (Å²) < 4.78 is 38.2. The zero-order valence-corrected chi connectivity index (χ0v) is 10.6. The molecule has 2 rings (SSSR count). The summed E-state index contributed by atoms with van der Waals surface area (Å²) in [4.78, 5) is 11.6. The molecule has 0 bridgehead atoms. The third-order valence-electron chi connectivity index (χ3n) is 3.22. The van der Waals surface area contributed by atoms with E-state index >= 15 is 0 Å². The van der Waals surface area contributed by atoms with Crippen LogP contribution in [0.2, 0.25) is 0 Å². The highest BCUT2D eigenvalue weighted by molar-refractivity contribution is 7.85. The average molecular weight is 272 g/mol. The second kappa shape index (κ2) is 5.69. The van der Waals surface area contributed by atoms with E-state index < -0.39 is 22.4 Å². The predicted molar refractivity (Wildman–Crippen MR) is 64.6 cm³/mol. The van der Waals surface area contributed by atoms with E-state index in [-0.39, 0.29) is 22.3 Å². The summed E-state index contributed by atoms with van der Waals surface area (Å²) in [5.74, 6) is -1.74. The lowest BCUT2D eigenvalue weighted by Crippen LogP contribution is -2.19. The summed E-state index contributed by atoms with van der Waals surface area (Å²) in [6.45, 7) is 0. The van der Waals surface area contributed by atoms with Crippen LogP contribution in [0.4, 0.5) is 8.78 Å². The van der Waals surface area contributed by atoms with Crippen molar-refractivity contribution >= 4 is 16.6 Å². The quantitative estimate of drug-likeness (QED) is 0.844. The molecule has 1 aliphatic carbocycles. The van der Waals surface area contributed by atoms with Gasteiger partial charge in [0, 0.05) is 5.92 Å². The van der Waals surface area contributed by atoms with Crippen LogP contribution in [-0.2, 0) is 15.6 Å².